The number of esters is 1. The van der Waals surface area contributed by atoms with E-state index in [0.29, 0.717) is 12.8 Å². The molecule has 0 rings (SSSR count). The van der Waals surface area contributed by atoms with Gasteiger partial charge in [-0.05, 0) is 83.5 Å². The Bertz CT molecular complexity index is 789. The fraction of sp³-hybridized carbons (Fsp3) is 0.700. The molecular weight excluding hydrogens is 544 g/mol. The van der Waals surface area contributed by atoms with Crippen LogP contribution in [0.3, 0.4) is 0 Å². The first-order valence-corrected chi connectivity index (χ1v) is 18.3. The number of carbonyl (C=O) groups excluding carboxylic acids is 1. The summed E-state index contributed by atoms with van der Waals surface area (Å²) < 4.78 is 5.89. The summed E-state index contributed by atoms with van der Waals surface area (Å²) in [5.41, 5.74) is 0. The molecule has 1 N–H and O–H groups in total. The smallest absolute Gasteiger partial charge is 0.306 e. The van der Waals surface area contributed by atoms with E-state index in [1.165, 1.54) is 57.8 Å². The van der Waals surface area contributed by atoms with Crippen molar-refractivity contribution in [3.05, 3.63) is 60.8 Å². The molecule has 0 radical (unpaired) electrons. The van der Waals surface area contributed by atoms with E-state index in [1.54, 1.807) is 0 Å². The zero-order valence-electron chi connectivity index (χ0n) is 28.7. The highest BCUT2D eigenvalue weighted by Crippen LogP contribution is 2.18. The van der Waals surface area contributed by atoms with Crippen LogP contribution in [0.5, 0.6) is 0 Å². The molecule has 0 amide bonds. The maximum absolute atomic E-state index is 12.5. The monoisotopic (exact) mass is 613 g/mol. The number of carbonyl (C=O) groups is 2. The Kier molecular flexibility index (Phi) is 33.2. The van der Waals surface area contributed by atoms with Crippen molar-refractivity contribution < 1.29 is 19.4 Å². The fourth-order valence-electron chi connectivity index (χ4n) is 5.09. The minimum atomic E-state index is -0.731. The molecular formula is C40H68O4. The van der Waals surface area contributed by atoms with Gasteiger partial charge in [0.05, 0.1) is 0 Å². The summed E-state index contributed by atoms with van der Waals surface area (Å²) in [6.07, 6.45) is 48.1. The average Bonchev–Trinajstić information content (AvgIpc) is 3.00. The Morgan fingerprint density at radius 2 is 0.955 bits per heavy atom. The van der Waals surface area contributed by atoms with Gasteiger partial charge in [0.1, 0.15) is 6.10 Å². The first-order valence-electron chi connectivity index (χ1n) is 18.3. The summed E-state index contributed by atoms with van der Waals surface area (Å²) in [7, 11) is 0. The van der Waals surface area contributed by atoms with Crippen LogP contribution in [0.1, 0.15) is 174 Å². The molecule has 44 heavy (non-hydrogen) atoms. The van der Waals surface area contributed by atoms with E-state index in [1.807, 2.05) is 0 Å². The topological polar surface area (TPSA) is 63.6 Å². The van der Waals surface area contributed by atoms with Crippen LogP contribution in [-0.2, 0) is 14.3 Å². The van der Waals surface area contributed by atoms with Gasteiger partial charge >= 0.3 is 11.9 Å². The Morgan fingerprint density at radius 3 is 1.50 bits per heavy atom. The molecule has 0 aliphatic carbocycles. The van der Waals surface area contributed by atoms with Crippen molar-refractivity contribution in [1.29, 1.82) is 0 Å². The molecule has 0 saturated heterocycles. The number of unbranched alkanes of at least 4 members (excludes halogenated alkanes) is 13. The lowest BCUT2D eigenvalue weighted by Gasteiger charge is -2.18. The van der Waals surface area contributed by atoms with E-state index in [-0.39, 0.29) is 18.5 Å². The molecule has 0 aromatic heterocycles. The number of aliphatic carboxylic acids is 1. The molecule has 0 aliphatic rings. The molecule has 0 aromatic carbocycles. The van der Waals surface area contributed by atoms with E-state index in [9.17, 15) is 9.59 Å². The zero-order chi connectivity index (χ0) is 32.2. The van der Waals surface area contributed by atoms with Gasteiger partial charge in [-0.1, -0.05) is 139 Å². The second-order valence-electron chi connectivity index (χ2n) is 12.0. The summed E-state index contributed by atoms with van der Waals surface area (Å²) in [6, 6.07) is 0. The van der Waals surface area contributed by atoms with Crippen LogP contribution >= 0.6 is 0 Å². The van der Waals surface area contributed by atoms with Crippen molar-refractivity contribution in [2.24, 2.45) is 0 Å². The molecule has 252 valence electrons. The minimum absolute atomic E-state index is 0.00793. The number of allylic oxidation sites excluding steroid dienone is 10. The molecule has 0 bridgehead atoms. The third kappa shape index (κ3) is 34.1. The van der Waals surface area contributed by atoms with Crippen molar-refractivity contribution in [3.63, 3.8) is 0 Å². The number of carboxylic acids is 1. The Balaban J connectivity index is 3.91. The number of rotatable bonds is 32. The second kappa shape index (κ2) is 35.1. The van der Waals surface area contributed by atoms with Crippen molar-refractivity contribution in [2.75, 3.05) is 0 Å². The van der Waals surface area contributed by atoms with Crippen LogP contribution in [0.4, 0.5) is 0 Å². The van der Waals surface area contributed by atoms with Gasteiger partial charge < -0.3 is 9.84 Å². The molecule has 0 fully saturated rings. The molecule has 0 aromatic rings. The van der Waals surface area contributed by atoms with Gasteiger partial charge in [0.2, 0.25) is 0 Å². The molecule has 0 heterocycles. The summed E-state index contributed by atoms with van der Waals surface area (Å²) in [5, 5.41) is 8.84. The largest absolute Gasteiger partial charge is 0.481 e. The molecule has 0 saturated carbocycles. The van der Waals surface area contributed by atoms with Crippen LogP contribution in [0.2, 0.25) is 0 Å². The first-order chi connectivity index (χ1) is 21.6. The van der Waals surface area contributed by atoms with Gasteiger partial charge in [0.15, 0.2) is 0 Å². The highest BCUT2D eigenvalue weighted by molar-refractivity contribution is 5.69. The zero-order valence-corrected chi connectivity index (χ0v) is 28.7. The number of hydrogen-bond acceptors (Lipinski definition) is 3. The van der Waals surface area contributed by atoms with Crippen LogP contribution < -0.4 is 0 Å². The van der Waals surface area contributed by atoms with Gasteiger partial charge in [0, 0.05) is 12.8 Å². The van der Waals surface area contributed by atoms with Crippen LogP contribution in [0.25, 0.3) is 0 Å². The van der Waals surface area contributed by atoms with E-state index in [4.69, 9.17) is 9.84 Å². The highest BCUT2D eigenvalue weighted by atomic mass is 16.5. The van der Waals surface area contributed by atoms with E-state index in [2.05, 4.69) is 74.6 Å². The summed E-state index contributed by atoms with van der Waals surface area (Å²) in [5.74, 6) is -0.785. The van der Waals surface area contributed by atoms with Gasteiger partial charge in [0.25, 0.3) is 0 Å². The van der Waals surface area contributed by atoms with Crippen molar-refractivity contribution in [1.82, 2.24) is 0 Å². The first kappa shape index (κ1) is 41.6. The van der Waals surface area contributed by atoms with Crippen LogP contribution in [0.15, 0.2) is 60.8 Å². The van der Waals surface area contributed by atoms with E-state index in [0.717, 1.165) is 83.5 Å². The van der Waals surface area contributed by atoms with Gasteiger partial charge in [-0.15, -0.1) is 0 Å². The molecule has 1 atom stereocenters. The quantitative estimate of drug-likeness (QED) is 0.0466. The fourth-order valence-corrected chi connectivity index (χ4v) is 5.09. The van der Waals surface area contributed by atoms with Crippen molar-refractivity contribution >= 4 is 11.9 Å². The number of ether oxygens (including phenoxy) is 1. The predicted molar refractivity (Wildman–Crippen MR) is 190 cm³/mol. The van der Waals surface area contributed by atoms with E-state index >= 15 is 0 Å². The Labute approximate surface area is 272 Å². The molecule has 4 nitrogen and oxygen atoms in total. The standard InChI is InChI=1S/C40H68O4/c1-3-5-7-9-11-12-13-14-15-16-17-18-19-20-21-22-23-24-26-28-33-37-40(43)44-38(35-31-29-32-36-39(41)42)34-30-27-25-10-8-6-4-2/h5,7,11-12,14-15,17-18,20-21,38H,3-4,6,8-10,13,16,19,22-37H2,1-2H3,(H,41,42)/b7-5-,12-11-,15-14-,18-17-,21-20-. The van der Waals surface area contributed by atoms with Gasteiger partial charge in [-0.3, -0.25) is 9.59 Å². The Morgan fingerprint density at radius 1 is 0.523 bits per heavy atom. The summed E-state index contributed by atoms with van der Waals surface area (Å²) in [4.78, 5) is 23.3. The minimum Gasteiger partial charge on any atom is -0.481 e. The SMILES string of the molecule is CC/C=C\C/C=C\C/C=C\C/C=C\C/C=C\CCCCCCCC(=O)OC(CCCCCCCCC)CCCCCC(=O)O. The molecule has 0 spiro atoms. The van der Waals surface area contributed by atoms with Crippen LogP contribution in [-0.4, -0.2) is 23.1 Å². The third-order valence-electron chi connectivity index (χ3n) is 7.75. The maximum atomic E-state index is 12.5. The second-order valence-corrected chi connectivity index (χ2v) is 12.0. The summed E-state index contributed by atoms with van der Waals surface area (Å²) in [6.45, 7) is 4.40. The van der Waals surface area contributed by atoms with Gasteiger partial charge in [-0.2, -0.15) is 0 Å². The van der Waals surface area contributed by atoms with Crippen molar-refractivity contribution in [3.8, 4) is 0 Å². The lowest BCUT2D eigenvalue weighted by molar-refractivity contribution is -0.150. The summed E-state index contributed by atoms with van der Waals surface area (Å²) >= 11 is 0. The molecule has 0 aliphatic heterocycles. The number of carboxylic acid groups (broad SMARTS) is 1. The highest BCUT2D eigenvalue weighted by Gasteiger charge is 2.14. The lowest BCUT2D eigenvalue weighted by Crippen LogP contribution is -2.18. The third-order valence-corrected chi connectivity index (χ3v) is 7.75. The average molecular weight is 613 g/mol. The van der Waals surface area contributed by atoms with Gasteiger partial charge in [-0.25, -0.2) is 0 Å². The lowest BCUT2D eigenvalue weighted by atomic mass is 10.0. The molecule has 1 unspecified atom stereocenters. The molecule has 4 heteroatoms. The number of hydrogen-bond donors (Lipinski definition) is 1. The Hall–Kier alpha value is -2.36. The normalized spacial score (nSPS) is 13.0. The maximum Gasteiger partial charge on any atom is 0.306 e. The van der Waals surface area contributed by atoms with Crippen molar-refractivity contribution in [2.45, 2.75) is 180 Å². The predicted octanol–water partition coefficient (Wildman–Crippen LogP) is 12.6. The van der Waals surface area contributed by atoms with E-state index < -0.39 is 5.97 Å². The van der Waals surface area contributed by atoms with Crippen LogP contribution in [0, 0.1) is 0 Å².